The molecule has 0 atom stereocenters. The van der Waals surface area contributed by atoms with Crippen LogP contribution in [0.4, 0.5) is 13.2 Å². The lowest BCUT2D eigenvalue weighted by molar-refractivity contribution is -0.120. The Hall–Kier alpha value is -2.10. The number of hydrogen-bond donors (Lipinski definition) is 1. The predicted molar refractivity (Wildman–Crippen MR) is 102 cm³/mol. The lowest BCUT2D eigenvalue weighted by Crippen LogP contribution is -2.60. The Morgan fingerprint density at radius 2 is 1.85 bits per heavy atom. The van der Waals surface area contributed by atoms with Crippen molar-refractivity contribution in [2.24, 2.45) is 0 Å². The number of rotatable bonds is 4. The molecular formula is C19H16F3IN2O2. The molecule has 142 valence electrons. The second-order valence-corrected chi connectivity index (χ2v) is 7.65. The van der Waals surface area contributed by atoms with Gasteiger partial charge in [-0.2, -0.15) is 0 Å². The van der Waals surface area contributed by atoms with E-state index in [1.165, 1.54) is 30.0 Å². The molecule has 4 nitrogen and oxygen atoms in total. The van der Waals surface area contributed by atoms with Gasteiger partial charge in [0.05, 0.1) is 6.04 Å². The molecule has 1 aliphatic heterocycles. The van der Waals surface area contributed by atoms with Gasteiger partial charge in [-0.05, 0) is 52.4 Å². The van der Waals surface area contributed by atoms with Gasteiger partial charge in [-0.15, -0.1) is 0 Å². The van der Waals surface area contributed by atoms with Crippen molar-refractivity contribution in [2.75, 3.05) is 13.1 Å². The van der Waals surface area contributed by atoms with Crippen LogP contribution in [0.3, 0.4) is 0 Å². The first-order valence-corrected chi connectivity index (χ1v) is 9.31. The molecule has 2 amide bonds. The Bertz CT molecular complexity index is 914. The molecule has 1 N–H and O–H groups in total. The normalized spacial score (nSPS) is 14.0. The van der Waals surface area contributed by atoms with Gasteiger partial charge in [0.25, 0.3) is 5.91 Å². The van der Waals surface area contributed by atoms with E-state index in [2.05, 4.69) is 5.32 Å². The SMILES string of the molecule is CC(=O)NC1CN(C(=O)c2ccc(F)c(F)c2Cc2ccc(I)cc2F)C1. The van der Waals surface area contributed by atoms with Crippen LogP contribution < -0.4 is 5.32 Å². The molecule has 0 unspecified atom stereocenters. The van der Waals surface area contributed by atoms with Crippen LogP contribution >= 0.6 is 22.6 Å². The van der Waals surface area contributed by atoms with Crippen LogP contribution in [0.5, 0.6) is 0 Å². The molecule has 0 aromatic heterocycles. The first kappa shape index (κ1) is 19.7. The Balaban J connectivity index is 1.87. The van der Waals surface area contributed by atoms with Crippen molar-refractivity contribution in [3.05, 3.63) is 68.0 Å². The van der Waals surface area contributed by atoms with Crippen molar-refractivity contribution in [2.45, 2.75) is 19.4 Å². The van der Waals surface area contributed by atoms with Gasteiger partial charge in [0.15, 0.2) is 11.6 Å². The third-order valence-electron chi connectivity index (χ3n) is 4.38. The summed E-state index contributed by atoms with van der Waals surface area (Å²) in [4.78, 5) is 25.2. The maximum absolute atomic E-state index is 14.4. The summed E-state index contributed by atoms with van der Waals surface area (Å²) in [6.45, 7) is 1.96. The lowest BCUT2D eigenvalue weighted by Gasteiger charge is -2.39. The van der Waals surface area contributed by atoms with Crippen LogP contribution in [-0.2, 0) is 11.2 Å². The molecule has 1 heterocycles. The first-order valence-electron chi connectivity index (χ1n) is 8.23. The molecule has 27 heavy (non-hydrogen) atoms. The van der Waals surface area contributed by atoms with E-state index < -0.39 is 23.4 Å². The summed E-state index contributed by atoms with van der Waals surface area (Å²) < 4.78 is 43.0. The van der Waals surface area contributed by atoms with Crippen LogP contribution in [0.15, 0.2) is 30.3 Å². The fraction of sp³-hybridized carbons (Fsp3) is 0.263. The standard InChI is InChI=1S/C19H16F3IN2O2/c1-10(26)24-13-8-25(9-13)19(27)14-4-5-16(20)18(22)15(14)6-11-2-3-12(23)7-17(11)21/h2-5,7,13H,6,8-9H2,1H3,(H,24,26). The predicted octanol–water partition coefficient (Wildman–Crippen LogP) is 3.26. The minimum absolute atomic E-state index is 0.00637. The van der Waals surface area contributed by atoms with Gasteiger partial charge < -0.3 is 10.2 Å². The molecule has 2 aromatic carbocycles. The van der Waals surface area contributed by atoms with Crippen LogP contribution in [0.2, 0.25) is 0 Å². The number of hydrogen-bond acceptors (Lipinski definition) is 2. The zero-order valence-electron chi connectivity index (χ0n) is 14.4. The molecule has 8 heteroatoms. The van der Waals surface area contributed by atoms with Crippen molar-refractivity contribution >= 4 is 34.4 Å². The summed E-state index contributed by atoms with van der Waals surface area (Å²) in [5, 5.41) is 2.69. The first-order chi connectivity index (χ1) is 12.8. The third-order valence-corrected chi connectivity index (χ3v) is 5.06. The molecular weight excluding hydrogens is 472 g/mol. The van der Waals surface area contributed by atoms with E-state index in [1.807, 2.05) is 22.6 Å². The largest absolute Gasteiger partial charge is 0.350 e. The summed E-state index contributed by atoms with van der Waals surface area (Å²) in [5.74, 6) is -3.46. The third kappa shape index (κ3) is 4.26. The fourth-order valence-corrected chi connectivity index (χ4v) is 3.47. The Morgan fingerprint density at radius 1 is 1.15 bits per heavy atom. The Labute approximate surface area is 167 Å². The van der Waals surface area contributed by atoms with Crippen LogP contribution in [-0.4, -0.2) is 35.8 Å². The average Bonchev–Trinajstić information content (AvgIpc) is 2.56. The van der Waals surface area contributed by atoms with Crippen LogP contribution in [0.25, 0.3) is 0 Å². The van der Waals surface area contributed by atoms with Gasteiger partial charge in [-0.1, -0.05) is 6.07 Å². The highest BCUT2D eigenvalue weighted by atomic mass is 127. The number of benzene rings is 2. The van der Waals surface area contributed by atoms with Gasteiger partial charge in [0, 0.05) is 41.1 Å². The van der Waals surface area contributed by atoms with E-state index in [-0.39, 0.29) is 48.1 Å². The molecule has 1 fully saturated rings. The molecule has 2 aromatic rings. The smallest absolute Gasteiger partial charge is 0.254 e. The van der Waals surface area contributed by atoms with Gasteiger partial charge >= 0.3 is 0 Å². The fourth-order valence-electron chi connectivity index (χ4n) is 3.01. The second kappa shape index (κ2) is 7.87. The number of halogens is 4. The van der Waals surface area contributed by atoms with Crippen molar-refractivity contribution in [3.63, 3.8) is 0 Å². The van der Waals surface area contributed by atoms with E-state index in [9.17, 15) is 22.8 Å². The van der Waals surface area contributed by atoms with Crippen LogP contribution in [0.1, 0.15) is 28.4 Å². The average molecular weight is 488 g/mol. The van der Waals surface area contributed by atoms with E-state index >= 15 is 0 Å². The number of amides is 2. The molecule has 0 saturated carbocycles. The van der Waals surface area contributed by atoms with Crippen LogP contribution in [0, 0.1) is 21.0 Å². The maximum Gasteiger partial charge on any atom is 0.254 e. The van der Waals surface area contributed by atoms with E-state index in [0.717, 1.165) is 6.07 Å². The summed E-state index contributed by atoms with van der Waals surface area (Å²) in [7, 11) is 0. The van der Waals surface area contributed by atoms with E-state index in [4.69, 9.17) is 0 Å². The van der Waals surface area contributed by atoms with Gasteiger partial charge in [0.1, 0.15) is 5.82 Å². The Morgan fingerprint density at radius 3 is 2.48 bits per heavy atom. The highest BCUT2D eigenvalue weighted by molar-refractivity contribution is 14.1. The number of likely N-dealkylation sites (tertiary alicyclic amines) is 1. The highest BCUT2D eigenvalue weighted by Crippen LogP contribution is 2.25. The number of nitrogens with zero attached hydrogens (tertiary/aromatic N) is 1. The monoisotopic (exact) mass is 488 g/mol. The molecule has 3 rings (SSSR count). The molecule has 1 aliphatic rings. The summed E-state index contributed by atoms with van der Waals surface area (Å²) in [5.41, 5.74) is -0.00934. The quantitative estimate of drug-likeness (QED) is 0.673. The zero-order valence-corrected chi connectivity index (χ0v) is 16.5. The Kier molecular flexibility index (Phi) is 5.73. The van der Waals surface area contributed by atoms with Gasteiger partial charge in [-0.3, -0.25) is 9.59 Å². The summed E-state index contributed by atoms with van der Waals surface area (Å²) >= 11 is 1.95. The maximum atomic E-state index is 14.4. The molecule has 0 bridgehead atoms. The van der Waals surface area contributed by atoms with Crippen molar-refractivity contribution in [1.29, 1.82) is 0 Å². The number of nitrogens with one attached hydrogen (secondary N) is 1. The topological polar surface area (TPSA) is 49.4 Å². The number of carbonyl (C=O) groups is 2. The minimum Gasteiger partial charge on any atom is -0.350 e. The van der Waals surface area contributed by atoms with Gasteiger partial charge in [0.2, 0.25) is 5.91 Å². The molecule has 0 radical (unpaired) electrons. The summed E-state index contributed by atoms with van der Waals surface area (Å²) in [6.07, 6.45) is -0.240. The lowest BCUT2D eigenvalue weighted by atomic mass is 9.96. The van der Waals surface area contributed by atoms with E-state index in [1.54, 1.807) is 6.07 Å². The van der Waals surface area contributed by atoms with Crippen molar-refractivity contribution < 1.29 is 22.8 Å². The number of carbonyl (C=O) groups excluding carboxylic acids is 2. The van der Waals surface area contributed by atoms with Gasteiger partial charge in [-0.25, -0.2) is 13.2 Å². The molecule has 0 spiro atoms. The zero-order chi connectivity index (χ0) is 19.7. The highest BCUT2D eigenvalue weighted by Gasteiger charge is 2.33. The van der Waals surface area contributed by atoms with Crippen molar-refractivity contribution in [3.8, 4) is 0 Å². The molecule has 0 aliphatic carbocycles. The minimum atomic E-state index is -1.15. The van der Waals surface area contributed by atoms with Crippen molar-refractivity contribution in [1.82, 2.24) is 10.2 Å². The second-order valence-electron chi connectivity index (χ2n) is 6.41. The van der Waals surface area contributed by atoms with E-state index in [0.29, 0.717) is 3.57 Å². The summed E-state index contributed by atoms with van der Waals surface area (Å²) in [6, 6.07) is 6.39. The molecule has 1 saturated heterocycles.